The number of carbonyl (C=O) groups is 2. The van der Waals surface area contributed by atoms with Crippen LogP contribution in [-0.4, -0.2) is 36.3 Å². The highest BCUT2D eigenvalue weighted by Crippen LogP contribution is 2.33. The number of rotatable bonds is 8. The van der Waals surface area contributed by atoms with Crippen molar-refractivity contribution in [2.24, 2.45) is 5.92 Å². The molecule has 0 saturated carbocycles. The molecule has 37 heavy (non-hydrogen) atoms. The number of nitrogens with zero attached hydrogens (tertiary/aromatic N) is 2. The first-order chi connectivity index (χ1) is 17.9. The van der Waals surface area contributed by atoms with Gasteiger partial charge in [-0.1, -0.05) is 24.3 Å². The third-order valence-corrected chi connectivity index (χ3v) is 7.57. The van der Waals surface area contributed by atoms with E-state index in [4.69, 9.17) is 4.74 Å². The van der Waals surface area contributed by atoms with E-state index in [-0.39, 0.29) is 23.8 Å². The third kappa shape index (κ3) is 6.83. The molecule has 1 heterocycles. The summed E-state index contributed by atoms with van der Waals surface area (Å²) < 4.78 is 7.32. The second kappa shape index (κ2) is 12.4. The number of likely N-dealkylation sites (tertiary alicyclic amines) is 1. The summed E-state index contributed by atoms with van der Waals surface area (Å²) in [5.41, 5.74) is 2.88. The maximum atomic E-state index is 13.4. The Morgan fingerprint density at radius 1 is 1.05 bits per heavy atom. The van der Waals surface area contributed by atoms with E-state index in [9.17, 15) is 9.59 Å². The molecule has 3 aromatic rings. The first-order valence-electron chi connectivity index (χ1n) is 12.8. The van der Waals surface area contributed by atoms with E-state index in [1.807, 2.05) is 77.4 Å². The van der Waals surface area contributed by atoms with Crippen LogP contribution in [0.15, 0.2) is 72.8 Å². The topological polar surface area (TPSA) is 61.9 Å². The number of amides is 2. The SMILES string of the molecule is CCN(C(=O)C1CCN(C(C)=O)CC1)c1cccc(C(C)Nc2ccccc2Oc2ccc(I)cc2)c1. The third-order valence-electron chi connectivity index (χ3n) is 6.85. The molecule has 1 saturated heterocycles. The number of para-hydroxylation sites is 2. The molecule has 2 amide bonds. The zero-order chi connectivity index (χ0) is 26.4. The minimum Gasteiger partial charge on any atom is -0.455 e. The molecule has 194 valence electrons. The second-order valence-corrected chi connectivity index (χ2v) is 10.6. The van der Waals surface area contributed by atoms with E-state index >= 15 is 0 Å². The van der Waals surface area contributed by atoms with E-state index in [1.165, 1.54) is 0 Å². The first kappa shape index (κ1) is 27.0. The van der Waals surface area contributed by atoms with Crippen molar-refractivity contribution in [2.75, 3.05) is 29.9 Å². The Balaban J connectivity index is 1.46. The van der Waals surface area contributed by atoms with Gasteiger partial charge in [-0.2, -0.15) is 0 Å². The van der Waals surface area contributed by atoms with Crippen LogP contribution in [0, 0.1) is 9.49 Å². The van der Waals surface area contributed by atoms with Crippen molar-refractivity contribution in [3.8, 4) is 11.5 Å². The molecule has 0 radical (unpaired) electrons. The number of anilines is 2. The Labute approximate surface area is 233 Å². The van der Waals surface area contributed by atoms with Crippen LogP contribution in [0.3, 0.4) is 0 Å². The molecule has 0 aliphatic carbocycles. The van der Waals surface area contributed by atoms with Gasteiger partial charge < -0.3 is 19.9 Å². The van der Waals surface area contributed by atoms with E-state index in [1.54, 1.807) is 6.92 Å². The highest BCUT2D eigenvalue weighted by Gasteiger charge is 2.29. The van der Waals surface area contributed by atoms with Gasteiger partial charge in [0, 0.05) is 47.8 Å². The molecule has 0 spiro atoms. The van der Waals surface area contributed by atoms with Gasteiger partial charge in [-0.15, -0.1) is 0 Å². The molecule has 0 aromatic heterocycles. The zero-order valence-corrected chi connectivity index (χ0v) is 23.8. The van der Waals surface area contributed by atoms with E-state index in [0.717, 1.165) is 32.0 Å². The summed E-state index contributed by atoms with van der Waals surface area (Å²) >= 11 is 2.28. The lowest BCUT2D eigenvalue weighted by Crippen LogP contribution is -2.44. The monoisotopic (exact) mass is 611 g/mol. The number of nitrogens with one attached hydrogen (secondary N) is 1. The molecule has 1 N–H and O–H groups in total. The van der Waals surface area contributed by atoms with Crippen LogP contribution in [-0.2, 0) is 9.59 Å². The highest BCUT2D eigenvalue weighted by atomic mass is 127. The predicted molar refractivity (Wildman–Crippen MR) is 157 cm³/mol. The lowest BCUT2D eigenvalue weighted by Gasteiger charge is -2.33. The molecular formula is C30H34IN3O3. The average Bonchev–Trinajstić information content (AvgIpc) is 2.91. The summed E-state index contributed by atoms with van der Waals surface area (Å²) in [5.74, 6) is 1.71. The Bertz CT molecular complexity index is 1220. The minimum absolute atomic E-state index is 0.00552. The van der Waals surface area contributed by atoms with Crippen molar-refractivity contribution in [1.82, 2.24) is 4.90 Å². The van der Waals surface area contributed by atoms with E-state index in [0.29, 0.717) is 32.5 Å². The number of hydrogen-bond acceptors (Lipinski definition) is 4. The van der Waals surface area contributed by atoms with Gasteiger partial charge >= 0.3 is 0 Å². The Morgan fingerprint density at radius 2 is 1.76 bits per heavy atom. The fourth-order valence-corrected chi connectivity index (χ4v) is 5.07. The van der Waals surface area contributed by atoms with Gasteiger partial charge in [0.2, 0.25) is 11.8 Å². The van der Waals surface area contributed by atoms with Crippen LogP contribution in [0.1, 0.15) is 45.2 Å². The summed E-state index contributed by atoms with van der Waals surface area (Å²) in [4.78, 5) is 28.8. The number of piperidine rings is 1. The molecule has 7 heteroatoms. The van der Waals surface area contributed by atoms with Crippen molar-refractivity contribution < 1.29 is 14.3 Å². The fraction of sp³-hybridized carbons (Fsp3) is 0.333. The van der Waals surface area contributed by atoms with E-state index in [2.05, 4.69) is 47.0 Å². The molecular weight excluding hydrogens is 577 g/mol. The first-order valence-corrected chi connectivity index (χ1v) is 13.9. The molecule has 0 bridgehead atoms. The molecule has 1 unspecified atom stereocenters. The molecule has 3 aromatic carbocycles. The van der Waals surface area contributed by atoms with Gasteiger partial charge in [0.25, 0.3) is 0 Å². The van der Waals surface area contributed by atoms with Crippen LogP contribution < -0.4 is 15.0 Å². The number of hydrogen-bond donors (Lipinski definition) is 1. The maximum Gasteiger partial charge on any atom is 0.230 e. The van der Waals surface area contributed by atoms with Crippen LogP contribution in [0.4, 0.5) is 11.4 Å². The van der Waals surface area contributed by atoms with Gasteiger partial charge in [0.15, 0.2) is 5.75 Å². The molecule has 1 atom stereocenters. The zero-order valence-electron chi connectivity index (χ0n) is 21.6. The van der Waals surface area contributed by atoms with Gasteiger partial charge in [-0.05, 0) is 103 Å². The largest absolute Gasteiger partial charge is 0.455 e. The highest BCUT2D eigenvalue weighted by molar-refractivity contribution is 14.1. The summed E-state index contributed by atoms with van der Waals surface area (Å²) in [7, 11) is 0. The summed E-state index contributed by atoms with van der Waals surface area (Å²) in [6, 6.07) is 24.1. The maximum absolute atomic E-state index is 13.4. The second-order valence-electron chi connectivity index (χ2n) is 9.38. The molecule has 1 fully saturated rings. The molecule has 1 aliphatic heterocycles. The standard InChI is InChI=1S/C30H34IN3O3/c1-4-34(30(36)23-16-18-33(19-17-23)22(3)35)26-9-7-8-24(20-26)21(2)32-28-10-5-6-11-29(28)37-27-14-12-25(31)13-15-27/h5-15,20-21,23,32H,4,16-19H2,1-3H3. The lowest BCUT2D eigenvalue weighted by molar-refractivity contribution is -0.133. The number of carbonyl (C=O) groups excluding carboxylic acids is 2. The van der Waals surface area contributed by atoms with Crippen molar-refractivity contribution in [1.29, 1.82) is 0 Å². The smallest absolute Gasteiger partial charge is 0.230 e. The van der Waals surface area contributed by atoms with Crippen molar-refractivity contribution in [3.05, 3.63) is 81.9 Å². The molecule has 1 aliphatic rings. The summed E-state index contributed by atoms with van der Waals surface area (Å²) in [6.45, 7) is 7.60. The summed E-state index contributed by atoms with van der Waals surface area (Å²) in [5, 5.41) is 3.58. The molecule has 6 nitrogen and oxygen atoms in total. The van der Waals surface area contributed by atoms with Crippen LogP contribution in [0.25, 0.3) is 0 Å². The van der Waals surface area contributed by atoms with Crippen molar-refractivity contribution in [3.63, 3.8) is 0 Å². The average molecular weight is 612 g/mol. The van der Waals surface area contributed by atoms with Gasteiger partial charge in [0.05, 0.1) is 5.69 Å². The number of benzene rings is 3. The fourth-order valence-electron chi connectivity index (χ4n) is 4.71. The molecule has 4 rings (SSSR count). The van der Waals surface area contributed by atoms with Crippen molar-refractivity contribution >= 4 is 45.8 Å². The van der Waals surface area contributed by atoms with Gasteiger partial charge in [0.1, 0.15) is 5.75 Å². The Kier molecular flexibility index (Phi) is 9.08. The summed E-state index contributed by atoms with van der Waals surface area (Å²) in [6.07, 6.45) is 1.42. The normalized spacial score (nSPS) is 14.6. The quantitative estimate of drug-likeness (QED) is 0.283. The van der Waals surface area contributed by atoms with Gasteiger partial charge in [-0.25, -0.2) is 0 Å². The van der Waals surface area contributed by atoms with Gasteiger partial charge in [-0.3, -0.25) is 9.59 Å². The van der Waals surface area contributed by atoms with Crippen molar-refractivity contribution in [2.45, 2.75) is 39.7 Å². The Morgan fingerprint density at radius 3 is 2.43 bits per heavy atom. The lowest BCUT2D eigenvalue weighted by atomic mass is 9.94. The van der Waals surface area contributed by atoms with Crippen LogP contribution >= 0.6 is 22.6 Å². The number of ether oxygens (including phenoxy) is 1. The van der Waals surface area contributed by atoms with E-state index < -0.39 is 0 Å². The predicted octanol–water partition coefficient (Wildman–Crippen LogP) is 6.87. The number of halogens is 1. The van der Waals surface area contributed by atoms with Crippen LogP contribution in [0.2, 0.25) is 0 Å². The minimum atomic E-state index is -0.0555. The van der Waals surface area contributed by atoms with Crippen LogP contribution in [0.5, 0.6) is 11.5 Å². The Hall–Kier alpha value is -3.07.